The van der Waals surface area contributed by atoms with Crippen LogP contribution in [-0.4, -0.2) is 27.3 Å². The summed E-state index contributed by atoms with van der Waals surface area (Å²) < 4.78 is 2.10. The highest BCUT2D eigenvalue weighted by molar-refractivity contribution is 6.31. The van der Waals surface area contributed by atoms with E-state index in [4.69, 9.17) is 11.6 Å². The first-order valence-electron chi connectivity index (χ1n) is 7.48. The molecule has 1 saturated carbocycles. The molecule has 1 aliphatic carbocycles. The minimum absolute atomic E-state index is 0.00606. The molecule has 5 heteroatoms. The van der Waals surface area contributed by atoms with Crippen LogP contribution in [0.3, 0.4) is 0 Å². The summed E-state index contributed by atoms with van der Waals surface area (Å²) in [6.45, 7) is 3.11. The zero-order valence-corrected chi connectivity index (χ0v) is 13.3. The smallest absolute Gasteiger partial charge is 0.123 e. The Balaban J connectivity index is 1.78. The minimum Gasteiger partial charge on any atom is -0.396 e. The Morgan fingerprint density at radius 1 is 1.52 bits per heavy atom. The van der Waals surface area contributed by atoms with Gasteiger partial charge in [0, 0.05) is 30.1 Å². The lowest BCUT2D eigenvalue weighted by molar-refractivity contribution is 0.118. The van der Waals surface area contributed by atoms with Crippen LogP contribution < -0.4 is 5.32 Å². The average molecular weight is 308 g/mol. The van der Waals surface area contributed by atoms with Crippen LogP contribution in [0.1, 0.15) is 32.0 Å². The highest BCUT2D eigenvalue weighted by atomic mass is 35.5. The topological polar surface area (TPSA) is 50.1 Å². The Bertz CT molecular complexity index is 654. The fourth-order valence-electron chi connectivity index (χ4n) is 3.37. The standard InChI is InChI=1S/C16H22ClN3O/c1-16(10-21)7-3-4-14(16)18-9-15-19-12-8-11(17)5-6-13(12)20(15)2/h5-6,8,14,18,21H,3-4,7,9-10H2,1-2H3. The SMILES string of the molecule is Cn1c(CNC2CCCC2(C)CO)nc2cc(Cl)ccc21. The average Bonchev–Trinajstić information content (AvgIpc) is 2.98. The van der Waals surface area contributed by atoms with Crippen LogP contribution in [0.2, 0.25) is 5.02 Å². The second-order valence-corrected chi connectivity index (χ2v) is 6.79. The van der Waals surface area contributed by atoms with Crippen molar-refractivity contribution < 1.29 is 5.11 Å². The fraction of sp³-hybridized carbons (Fsp3) is 0.562. The van der Waals surface area contributed by atoms with Gasteiger partial charge in [-0.2, -0.15) is 0 Å². The van der Waals surface area contributed by atoms with Gasteiger partial charge in [-0.3, -0.25) is 0 Å². The van der Waals surface area contributed by atoms with Crippen LogP contribution in [0.25, 0.3) is 11.0 Å². The number of benzene rings is 1. The molecule has 2 aromatic rings. The van der Waals surface area contributed by atoms with Crippen molar-refractivity contribution in [3.63, 3.8) is 0 Å². The molecule has 0 bridgehead atoms. The Morgan fingerprint density at radius 2 is 2.33 bits per heavy atom. The van der Waals surface area contributed by atoms with Gasteiger partial charge in [-0.05, 0) is 31.0 Å². The number of aliphatic hydroxyl groups is 1. The molecule has 2 unspecified atom stereocenters. The molecule has 2 atom stereocenters. The summed E-state index contributed by atoms with van der Waals surface area (Å²) in [4.78, 5) is 4.66. The van der Waals surface area contributed by atoms with Crippen molar-refractivity contribution in [1.82, 2.24) is 14.9 Å². The van der Waals surface area contributed by atoms with Gasteiger partial charge in [0.2, 0.25) is 0 Å². The van der Waals surface area contributed by atoms with E-state index in [2.05, 4.69) is 21.8 Å². The Hall–Kier alpha value is -1.10. The van der Waals surface area contributed by atoms with E-state index in [-0.39, 0.29) is 12.0 Å². The molecule has 0 saturated heterocycles. The number of halogens is 1. The molecular weight excluding hydrogens is 286 g/mol. The number of hydrogen-bond donors (Lipinski definition) is 2. The van der Waals surface area contributed by atoms with Crippen molar-refractivity contribution in [2.24, 2.45) is 12.5 Å². The minimum atomic E-state index is -0.00606. The third kappa shape index (κ3) is 2.68. The van der Waals surface area contributed by atoms with E-state index in [1.54, 1.807) is 0 Å². The highest BCUT2D eigenvalue weighted by Gasteiger charge is 2.37. The molecule has 1 aromatic carbocycles. The van der Waals surface area contributed by atoms with Gasteiger partial charge >= 0.3 is 0 Å². The molecule has 114 valence electrons. The number of imidazole rings is 1. The van der Waals surface area contributed by atoms with Gasteiger partial charge in [-0.1, -0.05) is 24.9 Å². The summed E-state index contributed by atoms with van der Waals surface area (Å²) >= 11 is 6.02. The molecule has 1 aromatic heterocycles. The maximum atomic E-state index is 9.62. The lowest BCUT2D eigenvalue weighted by Gasteiger charge is -2.30. The van der Waals surface area contributed by atoms with E-state index >= 15 is 0 Å². The fourth-order valence-corrected chi connectivity index (χ4v) is 3.53. The third-order valence-electron chi connectivity index (χ3n) is 4.89. The van der Waals surface area contributed by atoms with Gasteiger partial charge in [-0.25, -0.2) is 4.98 Å². The molecule has 0 aliphatic heterocycles. The molecule has 2 N–H and O–H groups in total. The number of aliphatic hydroxyl groups excluding tert-OH is 1. The number of nitrogens with one attached hydrogen (secondary N) is 1. The maximum Gasteiger partial charge on any atom is 0.123 e. The summed E-state index contributed by atoms with van der Waals surface area (Å²) in [6, 6.07) is 6.14. The Labute approximate surface area is 130 Å². The summed E-state index contributed by atoms with van der Waals surface area (Å²) in [5.74, 6) is 0.999. The molecule has 1 heterocycles. The molecule has 1 aliphatic rings. The van der Waals surface area contributed by atoms with Crippen LogP contribution >= 0.6 is 11.6 Å². The predicted molar refractivity (Wildman–Crippen MR) is 85.4 cm³/mol. The second-order valence-electron chi connectivity index (χ2n) is 6.36. The van der Waals surface area contributed by atoms with Gasteiger partial charge in [0.25, 0.3) is 0 Å². The van der Waals surface area contributed by atoms with Crippen molar-refractivity contribution in [2.75, 3.05) is 6.61 Å². The van der Waals surface area contributed by atoms with Gasteiger partial charge in [0.15, 0.2) is 0 Å². The van der Waals surface area contributed by atoms with E-state index < -0.39 is 0 Å². The molecule has 4 nitrogen and oxygen atoms in total. The maximum absolute atomic E-state index is 9.62. The normalized spacial score (nSPS) is 25.8. The van der Waals surface area contributed by atoms with Crippen molar-refractivity contribution in [2.45, 2.75) is 38.8 Å². The lowest BCUT2D eigenvalue weighted by Crippen LogP contribution is -2.41. The quantitative estimate of drug-likeness (QED) is 0.913. The van der Waals surface area contributed by atoms with Crippen molar-refractivity contribution >= 4 is 22.6 Å². The van der Waals surface area contributed by atoms with Gasteiger partial charge < -0.3 is 15.0 Å². The highest BCUT2D eigenvalue weighted by Crippen LogP contribution is 2.37. The van der Waals surface area contributed by atoms with Gasteiger partial charge in [0.05, 0.1) is 17.6 Å². The monoisotopic (exact) mass is 307 g/mol. The number of nitrogens with zero attached hydrogens (tertiary/aromatic N) is 2. The molecule has 1 fully saturated rings. The summed E-state index contributed by atoms with van der Waals surface area (Å²) in [5, 5.41) is 13.9. The first-order chi connectivity index (χ1) is 10.0. The second kappa shape index (κ2) is 5.59. The number of rotatable bonds is 4. The first-order valence-corrected chi connectivity index (χ1v) is 7.86. The number of aromatic nitrogens is 2. The van der Waals surface area contributed by atoms with Crippen LogP contribution in [0.15, 0.2) is 18.2 Å². The van der Waals surface area contributed by atoms with E-state index in [0.29, 0.717) is 17.6 Å². The number of aryl methyl sites for hydroxylation is 1. The molecule has 0 radical (unpaired) electrons. The number of hydrogen-bond acceptors (Lipinski definition) is 3. The third-order valence-corrected chi connectivity index (χ3v) is 5.12. The van der Waals surface area contributed by atoms with Crippen LogP contribution in [0.5, 0.6) is 0 Å². The largest absolute Gasteiger partial charge is 0.396 e. The Kier molecular flexibility index (Phi) is 3.95. The van der Waals surface area contributed by atoms with E-state index in [1.165, 1.54) is 6.42 Å². The molecule has 0 amide bonds. The van der Waals surface area contributed by atoms with Crippen LogP contribution in [-0.2, 0) is 13.6 Å². The van der Waals surface area contributed by atoms with E-state index in [0.717, 1.165) is 29.7 Å². The van der Waals surface area contributed by atoms with E-state index in [1.807, 2.05) is 25.2 Å². The number of fused-ring (bicyclic) bond motifs is 1. The predicted octanol–water partition coefficient (Wildman–Crippen LogP) is 2.87. The van der Waals surface area contributed by atoms with Crippen molar-refractivity contribution in [1.29, 1.82) is 0 Å². The summed E-state index contributed by atoms with van der Waals surface area (Å²) in [5.41, 5.74) is 2.01. The van der Waals surface area contributed by atoms with Crippen LogP contribution in [0, 0.1) is 5.41 Å². The summed E-state index contributed by atoms with van der Waals surface area (Å²) in [6.07, 6.45) is 3.37. The van der Waals surface area contributed by atoms with Crippen molar-refractivity contribution in [3.05, 3.63) is 29.0 Å². The Morgan fingerprint density at radius 3 is 3.10 bits per heavy atom. The van der Waals surface area contributed by atoms with Gasteiger partial charge in [-0.15, -0.1) is 0 Å². The van der Waals surface area contributed by atoms with Crippen molar-refractivity contribution in [3.8, 4) is 0 Å². The first kappa shape index (κ1) is 14.8. The zero-order valence-electron chi connectivity index (χ0n) is 12.6. The van der Waals surface area contributed by atoms with Gasteiger partial charge in [0.1, 0.15) is 5.82 Å². The van der Waals surface area contributed by atoms with Crippen LogP contribution in [0.4, 0.5) is 0 Å². The molecule has 21 heavy (non-hydrogen) atoms. The molecular formula is C16H22ClN3O. The molecule has 3 rings (SSSR count). The molecule has 0 spiro atoms. The summed E-state index contributed by atoms with van der Waals surface area (Å²) in [7, 11) is 2.03. The van der Waals surface area contributed by atoms with E-state index in [9.17, 15) is 5.11 Å². The zero-order chi connectivity index (χ0) is 15.0. The lowest BCUT2D eigenvalue weighted by atomic mass is 9.86.